The number of hydrogen-bond acceptors (Lipinski definition) is 2. The third kappa shape index (κ3) is 4.49. The lowest BCUT2D eigenvalue weighted by molar-refractivity contribution is 0.349. The molecule has 20 heavy (non-hydrogen) atoms. The summed E-state index contributed by atoms with van der Waals surface area (Å²) in [5.74, 6) is 1.81. The fourth-order valence-electron chi connectivity index (χ4n) is 2.52. The number of aryl methyl sites for hydroxylation is 1. The maximum atomic E-state index is 5.79. The molecule has 0 amide bonds. The van der Waals surface area contributed by atoms with Crippen molar-refractivity contribution in [2.75, 3.05) is 13.2 Å². The first kappa shape index (κ1) is 15.8. The maximum Gasteiger partial charge on any atom is 0.125 e. The topological polar surface area (TPSA) is 21.3 Å². The molecule has 0 aliphatic carbocycles. The lowest BCUT2D eigenvalue weighted by Crippen LogP contribution is -2.38. The van der Waals surface area contributed by atoms with Crippen LogP contribution in [0.1, 0.15) is 45.2 Å². The summed E-state index contributed by atoms with van der Waals surface area (Å²) in [6, 6.07) is 4.41. The molecule has 0 saturated heterocycles. The number of nitrogens with one attached hydrogen (secondary N) is 1. The van der Waals surface area contributed by atoms with Crippen LogP contribution in [0.3, 0.4) is 0 Å². The van der Waals surface area contributed by atoms with Gasteiger partial charge in [0.05, 0.1) is 6.61 Å². The smallest absolute Gasteiger partial charge is 0.125 e. The van der Waals surface area contributed by atoms with Gasteiger partial charge in [0.2, 0.25) is 0 Å². The van der Waals surface area contributed by atoms with Gasteiger partial charge in [-0.1, -0.05) is 22.9 Å². The molecule has 0 radical (unpaired) electrons. The minimum absolute atomic E-state index is 0.203. The van der Waals surface area contributed by atoms with Crippen molar-refractivity contribution in [3.8, 4) is 5.75 Å². The molecule has 1 aliphatic heterocycles. The zero-order valence-corrected chi connectivity index (χ0v) is 14.6. The van der Waals surface area contributed by atoms with Gasteiger partial charge < -0.3 is 10.1 Å². The summed E-state index contributed by atoms with van der Waals surface area (Å²) in [5, 5.41) is 3.58. The number of halogens is 1. The van der Waals surface area contributed by atoms with Crippen LogP contribution >= 0.6 is 15.9 Å². The van der Waals surface area contributed by atoms with E-state index in [9.17, 15) is 0 Å². The molecule has 1 aromatic carbocycles. The molecule has 0 spiro atoms. The average Bonchev–Trinajstić information content (AvgIpc) is 2.80. The first-order valence-electron chi connectivity index (χ1n) is 7.54. The minimum atomic E-state index is 0.203. The summed E-state index contributed by atoms with van der Waals surface area (Å²) in [4.78, 5) is 0. The second kappa shape index (κ2) is 6.48. The standard InChI is InChI=1S/C17H26BrNO/c1-12(11-19-17(2,3)4)5-6-13-9-15(18)10-14-7-8-20-16(13)14/h9-10,12,19H,5-8,11H2,1-4H3. The maximum absolute atomic E-state index is 5.79. The molecule has 0 bridgehead atoms. The van der Waals surface area contributed by atoms with Crippen molar-refractivity contribution in [1.29, 1.82) is 0 Å². The zero-order chi connectivity index (χ0) is 14.8. The van der Waals surface area contributed by atoms with Gasteiger partial charge in [-0.2, -0.15) is 0 Å². The van der Waals surface area contributed by atoms with Gasteiger partial charge in [0.25, 0.3) is 0 Å². The second-order valence-corrected chi connectivity index (χ2v) is 7.84. The third-order valence-corrected chi connectivity index (χ3v) is 4.17. The highest BCUT2D eigenvalue weighted by Gasteiger charge is 2.18. The molecular formula is C17H26BrNO. The van der Waals surface area contributed by atoms with E-state index in [0.717, 1.165) is 31.7 Å². The van der Waals surface area contributed by atoms with Crippen LogP contribution in [0, 0.1) is 5.92 Å². The van der Waals surface area contributed by atoms with E-state index in [1.807, 2.05) is 0 Å². The predicted octanol–water partition coefficient (Wildman–Crippen LogP) is 4.34. The monoisotopic (exact) mass is 339 g/mol. The van der Waals surface area contributed by atoms with Crippen LogP contribution in [0.5, 0.6) is 5.75 Å². The third-order valence-electron chi connectivity index (χ3n) is 3.71. The van der Waals surface area contributed by atoms with Gasteiger partial charge >= 0.3 is 0 Å². The highest BCUT2D eigenvalue weighted by Crippen LogP contribution is 2.34. The molecule has 2 rings (SSSR count). The molecule has 1 aromatic rings. The molecule has 0 fully saturated rings. The van der Waals surface area contributed by atoms with E-state index < -0.39 is 0 Å². The van der Waals surface area contributed by atoms with Crippen LogP contribution in [-0.2, 0) is 12.8 Å². The van der Waals surface area contributed by atoms with Crippen molar-refractivity contribution in [2.24, 2.45) is 5.92 Å². The van der Waals surface area contributed by atoms with E-state index in [2.05, 4.69) is 61.1 Å². The lowest BCUT2D eigenvalue weighted by atomic mass is 9.97. The molecule has 1 heterocycles. The normalized spacial score (nSPS) is 15.8. The lowest BCUT2D eigenvalue weighted by Gasteiger charge is -2.23. The Morgan fingerprint density at radius 3 is 2.80 bits per heavy atom. The SMILES string of the molecule is CC(CCc1cc(Br)cc2c1OCC2)CNC(C)(C)C. The Balaban J connectivity index is 1.91. The van der Waals surface area contributed by atoms with Gasteiger partial charge in [-0.15, -0.1) is 0 Å². The van der Waals surface area contributed by atoms with E-state index in [1.165, 1.54) is 22.0 Å². The van der Waals surface area contributed by atoms with Gasteiger partial charge in [0, 0.05) is 16.4 Å². The van der Waals surface area contributed by atoms with Crippen molar-refractivity contribution < 1.29 is 4.74 Å². The van der Waals surface area contributed by atoms with Gasteiger partial charge in [-0.05, 0) is 69.3 Å². The second-order valence-electron chi connectivity index (χ2n) is 6.93. The summed E-state index contributed by atoms with van der Waals surface area (Å²) in [6.45, 7) is 10.9. The van der Waals surface area contributed by atoms with E-state index >= 15 is 0 Å². The molecule has 3 heteroatoms. The fourth-order valence-corrected chi connectivity index (χ4v) is 3.07. The Morgan fingerprint density at radius 2 is 2.10 bits per heavy atom. The van der Waals surface area contributed by atoms with Gasteiger partial charge in [0.15, 0.2) is 0 Å². The first-order valence-corrected chi connectivity index (χ1v) is 8.33. The van der Waals surface area contributed by atoms with E-state index in [0.29, 0.717) is 5.92 Å². The fraction of sp³-hybridized carbons (Fsp3) is 0.647. The van der Waals surface area contributed by atoms with Crippen molar-refractivity contribution in [2.45, 2.75) is 52.5 Å². The Kier molecular flexibility index (Phi) is 5.14. The van der Waals surface area contributed by atoms with Crippen LogP contribution in [0.15, 0.2) is 16.6 Å². The zero-order valence-electron chi connectivity index (χ0n) is 13.1. The highest BCUT2D eigenvalue weighted by atomic mass is 79.9. The average molecular weight is 340 g/mol. The molecule has 0 aromatic heterocycles. The molecule has 112 valence electrons. The molecular weight excluding hydrogens is 314 g/mol. The van der Waals surface area contributed by atoms with Crippen LogP contribution in [-0.4, -0.2) is 18.7 Å². The summed E-state index contributed by atoms with van der Waals surface area (Å²) >= 11 is 3.61. The van der Waals surface area contributed by atoms with E-state index in [4.69, 9.17) is 4.74 Å². The van der Waals surface area contributed by atoms with Crippen LogP contribution in [0.25, 0.3) is 0 Å². The van der Waals surface area contributed by atoms with E-state index in [1.54, 1.807) is 0 Å². The summed E-state index contributed by atoms with van der Waals surface area (Å²) in [6.07, 6.45) is 3.33. The Hall–Kier alpha value is -0.540. The number of ether oxygens (including phenoxy) is 1. The van der Waals surface area contributed by atoms with Crippen LogP contribution in [0.2, 0.25) is 0 Å². The van der Waals surface area contributed by atoms with Crippen molar-refractivity contribution in [1.82, 2.24) is 5.32 Å². The van der Waals surface area contributed by atoms with Crippen molar-refractivity contribution in [3.63, 3.8) is 0 Å². The molecule has 1 N–H and O–H groups in total. The van der Waals surface area contributed by atoms with Crippen molar-refractivity contribution >= 4 is 15.9 Å². The highest BCUT2D eigenvalue weighted by molar-refractivity contribution is 9.10. The van der Waals surface area contributed by atoms with Gasteiger partial charge in [-0.25, -0.2) is 0 Å². The summed E-state index contributed by atoms with van der Waals surface area (Å²) < 4.78 is 6.97. The largest absolute Gasteiger partial charge is 0.493 e. The number of benzene rings is 1. The Morgan fingerprint density at radius 1 is 1.35 bits per heavy atom. The van der Waals surface area contributed by atoms with Crippen molar-refractivity contribution in [3.05, 3.63) is 27.7 Å². The molecule has 1 atom stereocenters. The number of hydrogen-bond donors (Lipinski definition) is 1. The van der Waals surface area contributed by atoms with Crippen LogP contribution in [0.4, 0.5) is 0 Å². The first-order chi connectivity index (χ1) is 9.35. The molecule has 2 nitrogen and oxygen atoms in total. The number of fused-ring (bicyclic) bond motifs is 1. The molecule has 0 saturated carbocycles. The summed E-state index contributed by atoms with van der Waals surface area (Å²) in [7, 11) is 0. The summed E-state index contributed by atoms with van der Waals surface area (Å²) in [5.41, 5.74) is 2.92. The molecule has 1 aliphatic rings. The van der Waals surface area contributed by atoms with Gasteiger partial charge in [-0.3, -0.25) is 0 Å². The van der Waals surface area contributed by atoms with Crippen LogP contribution < -0.4 is 10.1 Å². The molecule has 1 unspecified atom stereocenters. The predicted molar refractivity (Wildman–Crippen MR) is 88.6 cm³/mol. The minimum Gasteiger partial charge on any atom is -0.493 e. The Bertz CT molecular complexity index is 465. The Labute approximate surface area is 131 Å². The number of rotatable bonds is 5. The van der Waals surface area contributed by atoms with E-state index in [-0.39, 0.29) is 5.54 Å². The van der Waals surface area contributed by atoms with Gasteiger partial charge in [0.1, 0.15) is 5.75 Å². The quantitative estimate of drug-likeness (QED) is 0.861.